The summed E-state index contributed by atoms with van der Waals surface area (Å²) in [5.74, 6) is 1.91. The van der Waals surface area contributed by atoms with Gasteiger partial charge in [-0.2, -0.15) is 4.99 Å². The van der Waals surface area contributed by atoms with E-state index in [1.54, 1.807) is 0 Å². The summed E-state index contributed by atoms with van der Waals surface area (Å²) >= 11 is 4.74. The Hall–Kier alpha value is -2.28. The fourth-order valence-electron chi connectivity index (χ4n) is 6.16. The summed E-state index contributed by atoms with van der Waals surface area (Å²) in [5, 5.41) is 2.46. The Kier molecular flexibility index (Phi) is 9.08. The molecule has 0 radical (unpaired) electrons. The van der Waals surface area contributed by atoms with E-state index < -0.39 is 0 Å². The predicted octanol–water partition coefficient (Wildman–Crippen LogP) is 9.77. The van der Waals surface area contributed by atoms with Crippen molar-refractivity contribution < 1.29 is 0 Å². The summed E-state index contributed by atoms with van der Waals surface area (Å²) in [6.07, 6.45) is 22.1. The molecule has 0 bridgehead atoms. The Balaban J connectivity index is 1.43. The number of aliphatic imine (C=N–C) groups is 1. The second-order valence-corrected chi connectivity index (χ2v) is 10.6. The summed E-state index contributed by atoms with van der Waals surface area (Å²) in [7, 11) is 0. The highest BCUT2D eigenvalue weighted by molar-refractivity contribution is 7.78. The van der Waals surface area contributed by atoms with Gasteiger partial charge in [-0.1, -0.05) is 113 Å². The SMILES string of the molecule is CCC(CCCC1(CCc2ccc(N=C=S)cc2)C=CC(c2ccccc2)=CC1)C1CCCC1. The first-order valence-corrected chi connectivity index (χ1v) is 13.7. The molecule has 0 aliphatic heterocycles. The molecule has 0 spiro atoms. The van der Waals surface area contributed by atoms with Gasteiger partial charge < -0.3 is 0 Å². The van der Waals surface area contributed by atoms with E-state index in [1.165, 1.54) is 74.5 Å². The van der Waals surface area contributed by atoms with Gasteiger partial charge in [-0.15, -0.1) is 0 Å². The lowest BCUT2D eigenvalue weighted by atomic mass is 9.71. The standard InChI is InChI=1S/C32H39NS/c1-2-27(28-11-6-7-12-28)13-8-21-32(22-18-26-14-16-31(17-15-26)33-25-34)23-19-30(20-24-32)29-9-4-3-5-10-29/h3-5,9-10,14-17,19-20,23,27-28H,2,6-8,11-13,18,21-22,24H2,1H3. The molecule has 2 aromatic rings. The molecule has 178 valence electrons. The summed E-state index contributed by atoms with van der Waals surface area (Å²) in [6, 6.07) is 19.3. The molecule has 2 atom stereocenters. The Bertz CT molecular complexity index is 1010. The Morgan fingerprint density at radius 1 is 1.03 bits per heavy atom. The van der Waals surface area contributed by atoms with Gasteiger partial charge in [-0.05, 0) is 84.0 Å². The van der Waals surface area contributed by atoms with Gasteiger partial charge in [-0.3, -0.25) is 0 Å². The normalized spacial score (nSPS) is 21.1. The van der Waals surface area contributed by atoms with Crippen LogP contribution in [0.2, 0.25) is 0 Å². The lowest BCUT2D eigenvalue weighted by molar-refractivity contribution is 0.261. The molecule has 0 aromatic heterocycles. The highest BCUT2D eigenvalue weighted by Crippen LogP contribution is 2.43. The van der Waals surface area contributed by atoms with E-state index in [-0.39, 0.29) is 5.41 Å². The van der Waals surface area contributed by atoms with Crippen LogP contribution in [0.3, 0.4) is 0 Å². The van der Waals surface area contributed by atoms with Crippen molar-refractivity contribution in [1.29, 1.82) is 0 Å². The minimum atomic E-state index is 0.261. The number of thiocarbonyl (C=S) groups is 1. The average Bonchev–Trinajstić information content (AvgIpc) is 3.42. The molecule has 34 heavy (non-hydrogen) atoms. The summed E-state index contributed by atoms with van der Waals surface area (Å²) in [4.78, 5) is 4.09. The van der Waals surface area contributed by atoms with Crippen molar-refractivity contribution in [3.05, 3.63) is 84.0 Å². The van der Waals surface area contributed by atoms with Crippen LogP contribution >= 0.6 is 12.2 Å². The van der Waals surface area contributed by atoms with Crippen LogP contribution in [-0.4, -0.2) is 5.16 Å². The van der Waals surface area contributed by atoms with Crippen LogP contribution in [0.25, 0.3) is 5.57 Å². The van der Waals surface area contributed by atoms with Gasteiger partial charge in [0.2, 0.25) is 0 Å². The van der Waals surface area contributed by atoms with Crippen LogP contribution < -0.4 is 0 Å². The van der Waals surface area contributed by atoms with Gasteiger partial charge in [0.25, 0.3) is 0 Å². The van der Waals surface area contributed by atoms with Crippen LogP contribution in [0, 0.1) is 17.3 Å². The van der Waals surface area contributed by atoms with Crippen molar-refractivity contribution in [3.63, 3.8) is 0 Å². The van der Waals surface area contributed by atoms with E-state index in [4.69, 9.17) is 12.2 Å². The monoisotopic (exact) mass is 469 g/mol. The number of hydrogen-bond donors (Lipinski definition) is 0. The zero-order chi connectivity index (χ0) is 23.6. The third-order valence-electron chi connectivity index (χ3n) is 8.32. The summed E-state index contributed by atoms with van der Waals surface area (Å²) < 4.78 is 0. The molecular formula is C32H39NS. The van der Waals surface area contributed by atoms with Crippen LogP contribution in [0.4, 0.5) is 5.69 Å². The number of benzene rings is 2. The van der Waals surface area contributed by atoms with E-state index in [1.807, 2.05) is 0 Å². The van der Waals surface area contributed by atoms with Crippen molar-refractivity contribution >= 4 is 28.6 Å². The first kappa shape index (κ1) is 24.8. The molecular weight excluding hydrogens is 430 g/mol. The summed E-state index contributed by atoms with van der Waals surface area (Å²) in [6.45, 7) is 2.41. The Morgan fingerprint density at radius 3 is 2.44 bits per heavy atom. The van der Waals surface area contributed by atoms with Crippen LogP contribution in [0.15, 0.2) is 77.8 Å². The Morgan fingerprint density at radius 2 is 1.79 bits per heavy atom. The van der Waals surface area contributed by atoms with Crippen molar-refractivity contribution in [2.75, 3.05) is 0 Å². The Labute approximate surface area is 212 Å². The molecule has 0 N–H and O–H groups in total. The fourth-order valence-corrected chi connectivity index (χ4v) is 6.26. The maximum atomic E-state index is 4.74. The van der Waals surface area contributed by atoms with Gasteiger partial charge in [0, 0.05) is 0 Å². The molecule has 2 aromatic carbocycles. The number of aryl methyl sites for hydroxylation is 1. The number of isothiocyanates is 1. The van der Waals surface area contributed by atoms with Gasteiger partial charge in [0.1, 0.15) is 0 Å². The minimum Gasteiger partial charge on any atom is -0.195 e. The largest absolute Gasteiger partial charge is 0.195 e. The molecule has 1 fully saturated rings. The molecule has 2 aliphatic carbocycles. The smallest absolute Gasteiger partial charge is 0.0739 e. The number of hydrogen-bond acceptors (Lipinski definition) is 2. The topological polar surface area (TPSA) is 12.4 Å². The summed E-state index contributed by atoms with van der Waals surface area (Å²) in [5.41, 5.74) is 5.23. The zero-order valence-corrected chi connectivity index (χ0v) is 21.5. The maximum Gasteiger partial charge on any atom is 0.0739 e. The van der Waals surface area contributed by atoms with Gasteiger partial charge in [-0.25, -0.2) is 0 Å². The lowest BCUT2D eigenvalue weighted by Crippen LogP contribution is -2.21. The van der Waals surface area contributed by atoms with E-state index >= 15 is 0 Å². The van der Waals surface area contributed by atoms with E-state index in [0.29, 0.717) is 0 Å². The highest BCUT2D eigenvalue weighted by atomic mass is 32.1. The molecule has 4 rings (SSSR count). The van der Waals surface area contributed by atoms with Crippen LogP contribution in [-0.2, 0) is 6.42 Å². The highest BCUT2D eigenvalue weighted by Gasteiger charge is 2.29. The second-order valence-electron chi connectivity index (χ2n) is 10.4. The van der Waals surface area contributed by atoms with Crippen molar-refractivity contribution in [2.24, 2.45) is 22.2 Å². The third kappa shape index (κ3) is 6.65. The first-order valence-electron chi connectivity index (χ1n) is 13.3. The molecule has 1 saturated carbocycles. The van der Waals surface area contributed by atoms with Crippen molar-refractivity contribution in [1.82, 2.24) is 0 Å². The predicted molar refractivity (Wildman–Crippen MR) is 150 cm³/mol. The quantitative estimate of drug-likeness (QED) is 0.236. The van der Waals surface area contributed by atoms with E-state index in [9.17, 15) is 0 Å². The number of nitrogens with zero attached hydrogens (tertiary/aromatic N) is 1. The second kappa shape index (κ2) is 12.4. The third-order valence-corrected chi connectivity index (χ3v) is 8.41. The zero-order valence-electron chi connectivity index (χ0n) is 20.7. The number of rotatable bonds is 11. The average molecular weight is 470 g/mol. The number of allylic oxidation sites excluding steroid dienone is 4. The van der Waals surface area contributed by atoms with Gasteiger partial charge in [0.05, 0.1) is 10.8 Å². The van der Waals surface area contributed by atoms with E-state index in [0.717, 1.165) is 30.4 Å². The molecule has 0 heterocycles. The molecule has 0 saturated heterocycles. The van der Waals surface area contributed by atoms with Crippen LogP contribution in [0.5, 0.6) is 0 Å². The maximum absolute atomic E-state index is 4.74. The minimum absolute atomic E-state index is 0.261. The van der Waals surface area contributed by atoms with Crippen molar-refractivity contribution in [2.45, 2.75) is 77.6 Å². The fraction of sp³-hybridized carbons (Fsp3) is 0.469. The van der Waals surface area contributed by atoms with Gasteiger partial charge >= 0.3 is 0 Å². The van der Waals surface area contributed by atoms with Gasteiger partial charge in [0.15, 0.2) is 0 Å². The lowest BCUT2D eigenvalue weighted by Gasteiger charge is -2.34. The molecule has 2 heteroatoms. The molecule has 1 nitrogen and oxygen atoms in total. The molecule has 2 aliphatic rings. The molecule has 2 unspecified atom stereocenters. The molecule has 0 amide bonds. The van der Waals surface area contributed by atoms with Crippen LogP contribution in [0.1, 0.15) is 82.3 Å². The van der Waals surface area contributed by atoms with E-state index in [2.05, 4.69) is 89.9 Å². The first-order chi connectivity index (χ1) is 16.7. The van der Waals surface area contributed by atoms with Crippen molar-refractivity contribution in [3.8, 4) is 0 Å².